The lowest BCUT2D eigenvalue weighted by molar-refractivity contribution is 0.357. The molecule has 1 heterocycles. The molecule has 1 aliphatic heterocycles. The molecule has 90 valence electrons. The Balaban J connectivity index is 1.42. The fourth-order valence-electron chi connectivity index (χ4n) is 2.92. The molecule has 2 unspecified atom stereocenters. The highest BCUT2D eigenvalue weighted by atomic mass is 16.5. The SMILES string of the molecule is c1cc2c(cc1C1CC1CNC1CC1)CCO2. The Labute approximate surface area is 102 Å². The van der Waals surface area contributed by atoms with E-state index in [4.69, 9.17) is 4.74 Å². The maximum absolute atomic E-state index is 5.56. The minimum absolute atomic E-state index is 0.812. The third-order valence-electron chi connectivity index (χ3n) is 4.31. The second-order valence-corrected chi connectivity index (χ2v) is 5.75. The Bertz CT molecular complexity index is 439. The van der Waals surface area contributed by atoms with Crippen LogP contribution in [0.1, 0.15) is 36.3 Å². The van der Waals surface area contributed by atoms with Gasteiger partial charge in [0.1, 0.15) is 5.75 Å². The van der Waals surface area contributed by atoms with Gasteiger partial charge in [-0.25, -0.2) is 0 Å². The van der Waals surface area contributed by atoms with Gasteiger partial charge < -0.3 is 10.1 Å². The summed E-state index contributed by atoms with van der Waals surface area (Å²) in [6.07, 6.45) is 5.27. The molecular formula is C15H19NO. The molecule has 0 bridgehead atoms. The van der Waals surface area contributed by atoms with Crippen molar-refractivity contribution in [2.45, 2.75) is 37.6 Å². The highest BCUT2D eigenvalue weighted by molar-refractivity contribution is 5.42. The van der Waals surface area contributed by atoms with Gasteiger partial charge in [-0.3, -0.25) is 0 Å². The number of fused-ring (bicyclic) bond motifs is 1. The Morgan fingerprint density at radius 2 is 2.24 bits per heavy atom. The molecule has 2 heteroatoms. The zero-order valence-electron chi connectivity index (χ0n) is 10.1. The van der Waals surface area contributed by atoms with Gasteiger partial charge in [0.2, 0.25) is 0 Å². The molecule has 2 atom stereocenters. The van der Waals surface area contributed by atoms with Crippen LogP contribution in [-0.2, 0) is 6.42 Å². The zero-order chi connectivity index (χ0) is 11.2. The summed E-state index contributed by atoms with van der Waals surface area (Å²) in [5.74, 6) is 2.81. The van der Waals surface area contributed by atoms with Crippen molar-refractivity contribution in [3.63, 3.8) is 0 Å². The van der Waals surface area contributed by atoms with Gasteiger partial charge in [0.25, 0.3) is 0 Å². The summed E-state index contributed by atoms with van der Waals surface area (Å²) in [7, 11) is 0. The van der Waals surface area contributed by atoms with Crippen LogP contribution in [0.25, 0.3) is 0 Å². The van der Waals surface area contributed by atoms with Crippen molar-refractivity contribution in [3.05, 3.63) is 29.3 Å². The van der Waals surface area contributed by atoms with Crippen LogP contribution in [0.15, 0.2) is 18.2 Å². The number of rotatable bonds is 4. The predicted molar refractivity (Wildman–Crippen MR) is 67.5 cm³/mol. The number of hydrogen-bond acceptors (Lipinski definition) is 2. The van der Waals surface area contributed by atoms with E-state index < -0.39 is 0 Å². The van der Waals surface area contributed by atoms with E-state index in [0.717, 1.165) is 36.7 Å². The van der Waals surface area contributed by atoms with Gasteiger partial charge in [-0.2, -0.15) is 0 Å². The smallest absolute Gasteiger partial charge is 0.122 e. The first-order valence-corrected chi connectivity index (χ1v) is 6.89. The minimum atomic E-state index is 0.812. The topological polar surface area (TPSA) is 21.3 Å². The van der Waals surface area contributed by atoms with Crippen LogP contribution in [-0.4, -0.2) is 19.2 Å². The van der Waals surface area contributed by atoms with Gasteiger partial charge in [0, 0.05) is 12.5 Å². The molecule has 3 aliphatic rings. The van der Waals surface area contributed by atoms with Crippen molar-refractivity contribution in [2.75, 3.05) is 13.2 Å². The molecule has 0 aromatic heterocycles. The quantitative estimate of drug-likeness (QED) is 0.856. The molecule has 2 nitrogen and oxygen atoms in total. The molecule has 0 radical (unpaired) electrons. The van der Waals surface area contributed by atoms with E-state index in [-0.39, 0.29) is 0 Å². The summed E-state index contributed by atoms with van der Waals surface area (Å²) < 4.78 is 5.56. The van der Waals surface area contributed by atoms with Crippen LogP contribution in [0.3, 0.4) is 0 Å². The molecule has 1 aromatic carbocycles. The van der Waals surface area contributed by atoms with Crippen molar-refractivity contribution in [1.82, 2.24) is 5.32 Å². The van der Waals surface area contributed by atoms with Gasteiger partial charge >= 0.3 is 0 Å². The second-order valence-electron chi connectivity index (χ2n) is 5.75. The molecule has 17 heavy (non-hydrogen) atoms. The van der Waals surface area contributed by atoms with Crippen molar-refractivity contribution >= 4 is 0 Å². The van der Waals surface area contributed by atoms with Gasteiger partial charge in [-0.15, -0.1) is 0 Å². The molecule has 2 fully saturated rings. The van der Waals surface area contributed by atoms with Gasteiger partial charge in [0.15, 0.2) is 0 Å². The first-order valence-electron chi connectivity index (χ1n) is 6.89. The first kappa shape index (κ1) is 9.95. The monoisotopic (exact) mass is 229 g/mol. The lowest BCUT2D eigenvalue weighted by atomic mass is 10.0. The largest absolute Gasteiger partial charge is 0.493 e. The van der Waals surface area contributed by atoms with Crippen molar-refractivity contribution in [1.29, 1.82) is 0 Å². The summed E-state index contributed by atoms with van der Waals surface area (Å²) in [6, 6.07) is 7.67. The highest BCUT2D eigenvalue weighted by Gasteiger charge is 2.39. The van der Waals surface area contributed by atoms with Crippen molar-refractivity contribution < 1.29 is 4.74 Å². The van der Waals surface area contributed by atoms with E-state index >= 15 is 0 Å². The van der Waals surface area contributed by atoms with Crippen LogP contribution >= 0.6 is 0 Å². The van der Waals surface area contributed by atoms with Crippen LogP contribution in [0.4, 0.5) is 0 Å². The molecule has 2 aliphatic carbocycles. The van der Waals surface area contributed by atoms with E-state index in [9.17, 15) is 0 Å². The van der Waals surface area contributed by atoms with E-state index in [1.165, 1.54) is 36.9 Å². The normalized spacial score (nSPS) is 29.9. The van der Waals surface area contributed by atoms with Crippen LogP contribution in [0, 0.1) is 5.92 Å². The molecule has 2 saturated carbocycles. The van der Waals surface area contributed by atoms with Crippen LogP contribution in [0.5, 0.6) is 5.75 Å². The molecular weight excluding hydrogens is 210 g/mol. The Morgan fingerprint density at radius 1 is 1.29 bits per heavy atom. The summed E-state index contributed by atoms with van der Waals surface area (Å²) in [5.41, 5.74) is 2.96. The van der Waals surface area contributed by atoms with Gasteiger partial charge in [-0.1, -0.05) is 12.1 Å². The number of ether oxygens (including phenoxy) is 1. The second kappa shape index (κ2) is 3.74. The predicted octanol–water partition coefficient (Wildman–Crippen LogP) is 2.48. The third-order valence-corrected chi connectivity index (χ3v) is 4.31. The van der Waals surface area contributed by atoms with Crippen LogP contribution in [0.2, 0.25) is 0 Å². The lowest BCUT2D eigenvalue weighted by Crippen LogP contribution is -2.19. The average Bonchev–Trinajstić information content (AvgIpc) is 3.24. The number of nitrogens with one attached hydrogen (secondary N) is 1. The summed E-state index contributed by atoms with van der Waals surface area (Å²) >= 11 is 0. The van der Waals surface area contributed by atoms with E-state index in [1.54, 1.807) is 0 Å². The van der Waals surface area contributed by atoms with Gasteiger partial charge in [0.05, 0.1) is 6.61 Å². The van der Waals surface area contributed by atoms with Gasteiger partial charge in [-0.05, 0) is 54.8 Å². The maximum atomic E-state index is 5.56. The Hall–Kier alpha value is -1.02. The zero-order valence-corrected chi connectivity index (χ0v) is 10.1. The third kappa shape index (κ3) is 1.95. The minimum Gasteiger partial charge on any atom is -0.493 e. The molecule has 1 aromatic rings. The molecule has 4 rings (SSSR count). The lowest BCUT2D eigenvalue weighted by Gasteiger charge is -2.04. The Morgan fingerprint density at radius 3 is 3.12 bits per heavy atom. The van der Waals surface area contributed by atoms with E-state index in [2.05, 4.69) is 23.5 Å². The van der Waals surface area contributed by atoms with Crippen molar-refractivity contribution in [3.8, 4) is 5.75 Å². The Kier molecular flexibility index (Phi) is 2.19. The fourth-order valence-corrected chi connectivity index (χ4v) is 2.92. The first-order chi connectivity index (χ1) is 8.40. The average molecular weight is 229 g/mol. The molecule has 1 N–H and O–H groups in total. The van der Waals surface area contributed by atoms with Crippen LogP contribution < -0.4 is 10.1 Å². The summed E-state index contributed by atoms with van der Waals surface area (Å²) in [6.45, 7) is 2.10. The van der Waals surface area contributed by atoms with E-state index in [1.807, 2.05) is 0 Å². The summed E-state index contributed by atoms with van der Waals surface area (Å²) in [5, 5.41) is 3.65. The fraction of sp³-hybridized carbons (Fsp3) is 0.600. The maximum Gasteiger partial charge on any atom is 0.122 e. The summed E-state index contributed by atoms with van der Waals surface area (Å²) in [4.78, 5) is 0. The highest BCUT2D eigenvalue weighted by Crippen LogP contribution is 2.48. The standard InChI is InChI=1S/C15H19NO/c1-4-15-11(5-6-17-15)7-10(1)14-8-12(14)9-16-13-2-3-13/h1,4,7,12-14,16H,2-3,5-6,8-9H2. The van der Waals surface area contributed by atoms with Crippen molar-refractivity contribution in [2.24, 2.45) is 5.92 Å². The molecule has 0 spiro atoms. The number of benzene rings is 1. The number of hydrogen-bond donors (Lipinski definition) is 1. The van der Waals surface area contributed by atoms with E-state index in [0.29, 0.717) is 0 Å². The molecule has 0 saturated heterocycles. The molecule has 0 amide bonds.